The van der Waals surface area contributed by atoms with E-state index in [0.717, 1.165) is 37.0 Å². The molecule has 0 saturated heterocycles. The molecule has 33 heavy (non-hydrogen) atoms. The first-order chi connectivity index (χ1) is 15.6. The average Bonchev–Trinajstić information content (AvgIpc) is 3.11. The first-order valence-corrected chi connectivity index (χ1v) is 13.6. The highest BCUT2D eigenvalue weighted by atomic mass is 17.1. The van der Waals surface area contributed by atoms with Crippen LogP contribution in [0.3, 0.4) is 0 Å². The maximum absolute atomic E-state index is 13.6. The summed E-state index contributed by atoms with van der Waals surface area (Å²) in [5, 5.41) is 10.7. The van der Waals surface area contributed by atoms with Crippen LogP contribution in [0.1, 0.15) is 106 Å². The number of hydrogen-bond donors (Lipinski definition) is 0. The predicted molar refractivity (Wildman–Crippen MR) is 129 cm³/mol. The van der Waals surface area contributed by atoms with Crippen molar-refractivity contribution in [2.24, 2.45) is 46.3 Å². The zero-order valence-corrected chi connectivity index (χ0v) is 21.8. The monoisotopic (exact) mass is 458 g/mol. The van der Waals surface area contributed by atoms with Crippen LogP contribution in [-0.2, 0) is 14.1 Å². The van der Waals surface area contributed by atoms with Crippen molar-refractivity contribution in [1.29, 1.82) is 0 Å². The van der Waals surface area contributed by atoms with Gasteiger partial charge in [0.05, 0.1) is 6.92 Å². The fraction of sp³-hybridized carbons (Fsp3) is 0.862. The average molecular weight is 459 g/mol. The lowest BCUT2D eigenvalue weighted by molar-refractivity contribution is -1.05. The summed E-state index contributed by atoms with van der Waals surface area (Å²) in [7, 11) is 0. The van der Waals surface area contributed by atoms with Gasteiger partial charge in [-0.15, -0.1) is 0 Å². The summed E-state index contributed by atoms with van der Waals surface area (Å²) in [4.78, 5) is 13.6. The molecule has 0 aliphatic heterocycles. The molecule has 4 nitrogen and oxygen atoms in total. The van der Waals surface area contributed by atoms with Gasteiger partial charge in [0.1, 0.15) is 0 Å². The molecule has 186 valence electrons. The summed E-state index contributed by atoms with van der Waals surface area (Å²) in [5.74, 6) is 3.95. The molecule has 3 fully saturated rings. The Kier molecular flexibility index (Phi) is 7.05. The Morgan fingerprint density at radius 2 is 1.88 bits per heavy atom. The third-order valence-corrected chi connectivity index (χ3v) is 10.6. The number of allylic oxidation sites excluding steroid dienone is 1. The van der Waals surface area contributed by atoms with Crippen molar-refractivity contribution in [3.8, 4) is 0 Å². The first kappa shape index (κ1) is 24.8. The van der Waals surface area contributed by atoms with Gasteiger partial charge in [0.15, 0.2) is 11.9 Å². The van der Waals surface area contributed by atoms with Gasteiger partial charge in [-0.3, -0.25) is 9.37 Å². The lowest BCUT2D eigenvalue weighted by atomic mass is 9.46. The van der Waals surface area contributed by atoms with E-state index < -0.39 is 0 Å². The third kappa shape index (κ3) is 4.41. The second-order valence-corrected chi connectivity index (χ2v) is 12.8. The Balaban J connectivity index is 1.51. The van der Waals surface area contributed by atoms with Crippen LogP contribution in [0.5, 0.6) is 0 Å². The minimum absolute atomic E-state index is 0.0565. The lowest BCUT2D eigenvalue weighted by Crippen LogP contribution is -2.53. The van der Waals surface area contributed by atoms with Crippen LogP contribution in [0, 0.1) is 46.3 Å². The Morgan fingerprint density at radius 1 is 1.12 bits per heavy atom. The molecule has 0 aromatic rings. The summed E-state index contributed by atoms with van der Waals surface area (Å²) < 4.78 is 9.71. The summed E-state index contributed by atoms with van der Waals surface area (Å²) in [6.45, 7) is 13.6. The van der Waals surface area contributed by atoms with Gasteiger partial charge in [0, 0.05) is 18.8 Å². The molecule has 0 bridgehead atoms. The number of ketones is 1. The number of hydrogen-bond acceptors (Lipinski definition) is 3. The molecular weight excluding hydrogens is 412 g/mol. The Labute approximate surface area is 201 Å². The van der Waals surface area contributed by atoms with Gasteiger partial charge < -0.3 is 9.99 Å². The van der Waals surface area contributed by atoms with Crippen molar-refractivity contribution in [3.63, 3.8) is 0 Å². The molecule has 0 heterocycles. The second kappa shape index (κ2) is 9.38. The molecule has 4 aliphatic carbocycles. The SMILES string of the molecule is CC(O[C@H]1CC[C@@]2(C)C(=CC(=O)[C@H]3[C@@H]4CC[C@H]([C@H](C)CCCC(C)C)[C@@]4(C)CC[C@@H]32)C1)=[O+][O-]. The highest BCUT2D eigenvalue weighted by Gasteiger charge is 2.61. The van der Waals surface area contributed by atoms with E-state index in [1.165, 1.54) is 50.5 Å². The molecule has 0 aromatic carbocycles. The molecular formula is C29H46O4. The van der Waals surface area contributed by atoms with E-state index in [1.807, 2.05) is 6.08 Å². The van der Waals surface area contributed by atoms with E-state index in [2.05, 4.69) is 39.2 Å². The van der Waals surface area contributed by atoms with Gasteiger partial charge in [0.2, 0.25) is 0 Å². The maximum Gasteiger partial charge on any atom is 0.494 e. The minimum Gasteiger partial charge on any atom is -0.588 e. The van der Waals surface area contributed by atoms with Crippen LogP contribution in [0.4, 0.5) is 0 Å². The van der Waals surface area contributed by atoms with Gasteiger partial charge >= 0.3 is 5.97 Å². The van der Waals surface area contributed by atoms with Gasteiger partial charge in [-0.1, -0.05) is 59.5 Å². The largest absolute Gasteiger partial charge is 0.588 e. The topological polar surface area (TPSA) is 60.7 Å². The Bertz CT molecular complexity index is 797. The molecule has 0 unspecified atom stereocenters. The zero-order valence-electron chi connectivity index (χ0n) is 21.8. The highest BCUT2D eigenvalue weighted by molar-refractivity contribution is 5.94. The van der Waals surface area contributed by atoms with Gasteiger partial charge in [-0.25, -0.2) is 0 Å². The van der Waals surface area contributed by atoms with Crippen molar-refractivity contribution in [2.75, 3.05) is 0 Å². The minimum atomic E-state index is -0.0565. The number of esters is 1. The molecule has 0 N–H and O–H groups in total. The van der Waals surface area contributed by atoms with Crippen molar-refractivity contribution < 1.29 is 19.4 Å². The van der Waals surface area contributed by atoms with E-state index in [9.17, 15) is 10.1 Å². The first-order valence-electron chi connectivity index (χ1n) is 13.6. The van der Waals surface area contributed by atoms with Crippen molar-refractivity contribution in [3.05, 3.63) is 11.6 Å². The summed E-state index contributed by atoms with van der Waals surface area (Å²) in [5.41, 5.74) is 1.66. The molecule has 8 atom stereocenters. The Hall–Kier alpha value is -1.32. The zero-order chi connectivity index (χ0) is 24.0. The number of carbonyl (C=O) groups is 1. The Morgan fingerprint density at radius 3 is 2.58 bits per heavy atom. The normalized spacial score (nSPS) is 41.8. The molecule has 0 radical (unpaired) electrons. The maximum atomic E-state index is 13.6. The summed E-state index contributed by atoms with van der Waals surface area (Å²) in [6, 6.07) is 0. The molecule has 4 heteroatoms. The van der Waals surface area contributed by atoms with Crippen LogP contribution in [-0.4, -0.2) is 17.9 Å². The lowest BCUT2D eigenvalue weighted by Gasteiger charge is -2.57. The fourth-order valence-electron chi connectivity index (χ4n) is 8.75. The fourth-order valence-corrected chi connectivity index (χ4v) is 8.75. The summed E-state index contributed by atoms with van der Waals surface area (Å²) in [6.07, 6.45) is 13.6. The van der Waals surface area contributed by atoms with E-state index >= 15 is 0 Å². The van der Waals surface area contributed by atoms with E-state index in [1.54, 1.807) is 6.92 Å². The smallest absolute Gasteiger partial charge is 0.494 e. The van der Waals surface area contributed by atoms with Crippen molar-refractivity contribution in [1.82, 2.24) is 0 Å². The van der Waals surface area contributed by atoms with Gasteiger partial charge in [-0.2, -0.15) is 0 Å². The molecule has 0 aromatic heterocycles. The molecule has 4 rings (SSSR count). The predicted octanol–water partition coefficient (Wildman–Crippen LogP) is 5.95. The van der Waals surface area contributed by atoms with Gasteiger partial charge in [0.25, 0.3) is 0 Å². The third-order valence-electron chi connectivity index (χ3n) is 10.6. The van der Waals surface area contributed by atoms with E-state index in [4.69, 9.17) is 4.74 Å². The second-order valence-electron chi connectivity index (χ2n) is 12.8. The highest BCUT2D eigenvalue weighted by Crippen LogP contribution is 2.66. The standard InChI is InChI=1S/C29H46O4/c1-18(2)8-7-9-19(3)23-10-11-24-27-25(13-15-29(23,24)6)28(5)14-12-22(32-20(4)33-31)16-21(28)17-26(27)30/h17-19,22-25,27H,7-16H2,1-6H3/t19-,22+,23-,24+,25+,27+,28+,29-/m1/s1. The molecule has 0 amide bonds. The number of carbonyl (C=O) groups excluding carboxylic acids is 2. The van der Waals surface area contributed by atoms with Crippen LogP contribution in [0.2, 0.25) is 0 Å². The van der Waals surface area contributed by atoms with Crippen LogP contribution < -0.4 is 5.26 Å². The quantitative estimate of drug-likeness (QED) is 0.214. The number of fused-ring (bicyclic) bond motifs is 5. The molecule has 4 aliphatic rings. The van der Waals surface area contributed by atoms with Crippen LogP contribution >= 0.6 is 0 Å². The van der Waals surface area contributed by atoms with Gasteiger partial charge in [-0.05, 0) is 78.6 Å². The number of ether oxygens (including phenoxy) is 1. The van der Waals surface area contributed by atoms with E-state index in [-0.39, 0.29) is 23.4 Å². The molecule has 3 saturated carbocycles. The van der Waals surface area contributed by atoms with Crippen molar-refractivity contribution >= 4 is 11.8 Å². The van der Waals surface area contributed by atoms with Crippen LogP contribution in [0.25, 0.3) is 0 Å². The number of rotatable bonds is 6. The van der Waals surface area contributed by atoms with Crippen LogP contribution in [0.15, 0.2) is 11.6 Å². The summed E-state index contributed by atoms with van der Waals surface area (Å²) >= 11 is 0. The molecule has 0 spiro atoms. The van der Waals surface area contributed by atoms with Crippen molar-refractivity contribution in [2.45, 2.75) is 112 Å². The van der Waals surface area contributed by atoms with E-state index in [0.29, 0.717) is 23.0 Å².